The third kappa shape index (κ3) is 4.95. The quantitative estimate of drug-likeness (QED) is 0.472. The number of benzene rings is 1. The van der Waals surface area contributed by atoms with Gasteiger partial charge in [0.25, 0.3) is 0 Å². The van der Waals surface area contributed by atoms with Gasteiger partial charge >= 0.3 is 0 Å². The number of rotatable bonds is 6. The summed E-state index contributed by atoms with van der Waals surface area (Å²) in [5, 5.41) is 3.48. The van der Waals surface area contributed by atoms with Crippen LogP contribution >= 0.6 is 11.8 Å². The molecule has 0 unspecified atom stereocenters. The van der Waals surface area contributed by atoms with Gasteiger partial charge in [0, 0.05) is 46.3 Å². The predicted molar refractivity (Wildman–Crippen MR) is 104 cm³/mol. The summed E-state index contributed by atoms with van der Waals surface area (Å²) in [6.07, 6.45) is 3.32. The van der Waals surface area contributed by atoms with E-state index < -0.39 is 0 Å². The molecular weight excluding hydrogens is 336 g/mol. The minimum absolute atomic E-state index is 0.334. The average Bonchev–Trinajstić information content (AvgIpc) is 3.11. The first kappa shape index (κ1) is 18.2. The van der Waals surface area contributed by atoms with E-state index in [1.165, 1.54) is 17.7 Å². The van der Waals surface area contributed by atoms with Gasteiger partial charge in [-0.15, -0.1) is 0 Å². The van der Waals surface area contributed by atoms with Crippen molar-refractivity contribution in [1.82, 2.24) is 15.1 Å². The Bertz CT molecular complexity index is 588. The SMILES string of the molecule is CN=C(NCCCSC)N1CCN(Cc2ccc3c(c2)OCO3)CC1. The average molecular weight is 365 g/mol. The molecule has 0 saturated carbocycles. The van der Waals surface area contributed by atoms with Crippen molar-refractivity contribution in [2.24, 2.45) is 4.99 Å². The number of nitrogens with zero attached hydrogens (tertiary/aromatic N) is 3. The van der Waals surface area contributed by atoms with Crippen LogP contribution in [0.3, 0.4) is 0 Å². The van der Waals surface area contributed by atoms with Crippen molar-refractivity contribution >= 4 is 17.7 Å². The number of nitrogens with one attached hydrogen (secondary N) is 1. The summed E-state index contributed by atoms with van der Waals surface area (Å²) < 4.78 is 10.9. The zero-order valence-corrected chi connectivity index (χ0v) is 16.0. The Kier molecular flexibility index (Phi) is 6.69. The lowest BCUT2D eigenvalue weighted by atomic mass is 10.1. The second-order valence-electron chi connectivity index (χ2n) is 6.27. The second kappa shape index (κ2) is 9.20. The molecule has 3 rings (SSSR count). The third-order valence-corrected chi connectivity index (χ3v) is 5.23. The normalized spacial score (nSPS) is 17.8. The predicted octanol–water partition coefficient (Wildman–Crippen LogP) is 1.86. The van der Waals surface area contributed by atoms with Gasteiger partial charge in [-0.1, -0.05) is 6.07 Å². The molecule has 1 aromatic rings. The lowest BCUT2D eigenvalue weighted by molar-refractivity contribution is 0.171. The van der Waals surface area contributed by atoms with E-state index in [1.54, 1.807) is 0 Å². The second-order valence-corrected chi connectivity index (χ2v) is 7.26. The molecule has 1 saturated heterocycles. The van der Waals surface area contributed by atoms with E-state index in [9.17, 15) is 0 Å². The van der Waals surface area contributed by atoms with Gasteiger partial charge in [-0.3, -0.25) is 9.89 Å². The zero-order valence-electron chi connectivity index (χ0n) is 15.2. The lowest BCUT2D eigenvalue weighted by Crippen LogP contribution is -2.52. The van der Waals surface area contributed by atoms with Crippen molar-refractivity contribution in [3.05, 3.63) is 23.8 Å². The molecule has 0 spiro atoms. The van der Waals surface area contributed by atoms with Gasteiger partial charge < -0.3 is 19.7 Å². The number of guanidine groups is 1. The topological polar surface area (TPSA) is 49.3 Å². The van der Waals surface area contributed by atoms with Crippen molar-refractivity contribution in [3.8, 4) is 11.5 Å². The van der Waals surface area contributed by atoms with E-state index in [4.69, 9.17) is 9.47 Å². The van der Waals surface area contributed by atoms with Crippen LogP contribution in [0.5, 0.6) is 11.5 Å². The van der Waals surface area contributed by atoms with Crippen LogP contribution < -0.4 is 14.8 Å². The van der Waals surface area contributed by atoms with Crippen LogP contribution in [-0.2, 0) is 6.54 Å². The van der Waals surface area contributed by atoms with E-state index in [0.717, 1.165) is 56.7 Å². The van der Waals surface area contributed by atoms with Crippen LogP contribution in [0.4, 0.5) is 0 Å². The van der Waals surface area contributed by atoms with Crippen molar-refractivity contribution in [2.75, 3.05) is 58.6 Å². The highest BCUT2D eigenvalue weighted by Crippen LogP contribution is 2.32. The molecule has 0 aliphatic carbocycles. The molecular formula is C18H28N4O2S. The first-order chi connectivity index (χ1) is 12.3. The number of aliphatic imine (C=N–C) groups is 1. The number of fused-ring (bicyclic) bond motifs is 1. The standard InChI is InChI=1S/C18H28N4O2S/c1-19-18(20-6-3-11-25-2)22-9-7-21(8-10-22)13-15-4-5-16-17(12-15)24-14-23-16/h4-5,12H,3,6-11,13-14H2,1-2H3,(H,19,20). The van der Waals surface area contributed by atoms with E-state index in [0.29, 0.717) is 6.79 Å². The monoisotopic (exact) mass is 364 g/mol. The maximum absolute atomic E-state index is 5.47. The summed E-state index contributed by atoms with van der Waals surface area (Å²) in [5.74, 6) is 3.94. The Hall–Kier alpha value is -1.60. The third-order valence-electron chi connectivity index (χ3n) is 4.54. The molecule has 7 heteroatoms. The number of hydrogen-bond acceptors (Lipinski definition) is 5. The van der Waals surface area contributed by atoms with Crippen molar-refractivity contribution < 1.29 is 9.47 Å². The van der Waals surface area contributed by atoms with Crippen LogP contribution in [-0.4, -0.2) is 74.3 Å². The fraction of sp³-hybridized carbons (Fsp3) is 0.611. The fourth-order valence-corrected chi connectivity index (χ4v) is 3.60. The fourth-order valence-electron chi connectivity index (χ4n) is 3.16. The molecule has 2 aliphatic rings. The molecule has 1 aromatic carbocycles. The van der Waals surface area contributed by atoms with Gasteiger partial charge in [-0.25, -0.2) is 0 Å². The summed E-state index contributed by atoms with van der Waals surface area (Å²) in [5.41, 5.74) is 1.28. The summed E-state index contributed by atoms with van der Waals surface area (Å²) in [6, 6.07) is 6.24. The van der Waals surface area contributed by atoms with E-state index >= 15 is 0 Å². The van der Waals surface area contributed by atoms with E-state index in [2.05, 4.69) is 38.5 Å². The smallest absolute Gasteiger partial charge is 0.231 e. The van der Waals surface area contributed by atoms with Crippen LogP contribution in [0.15, 0.2) is 23.2 Å². The molecule has 0 bridgehead atoms. The Balaban J connectivity index is 1.45. The molecule has 25 heavy (non-hydrogen) atoms. The Morgan fingerprint density at radius 3 is 2.76 bits per heavy atom. The van der Waals surface area contributed by atoms with Crippen LogP contribution in [0, 0.1) is 0 Å². The van der Waals surface area contributed by atoms with Gasteiger partial charge in [0.2, 0.25) is 6.79 Å². The number of hydrogen-bond donors (Lipinski definition) is 1. The minimum Gasteiger partial charge on any atom is -0.454 e. The summed E-state index contributed by atoms with van der Waals surface area (Å²) >= 11 is 1.89. The first-order valence-corrected chi connectivity index (χ1v) is 10.2. The molecule has 138 valence electrons. The highest BCUT2D eigenvalue weighted by atomic mass is 32.2. The molecule has 0 atom stereocenters. The van der Waals surface area contributed by atoms with Gasteiger partial charge in [-0.05, 0) is 36.1 Å². The van der Waals surface area contributed by atoms with E-state index in [1.807, 2.05) is 24.9 Å². The van der Waals surface area contributed by atoms with Crippen molar-refractivity contribution in [2.45, 2.75) is 13.0 Å². The molecule has 0 amide bonds. The van der Waals surface area contributed by atoms with Crippen molar-refractivity contribution in [3.63, 3.8) is 0 Å². The van der Waals surface area contributed by atoms with Gasteiger partial charge in [-0.2, -0.15) is 11.8 Å². The maximum Gasteiger partial charge on any atom is 0.231 e. The molecule has 0 radical (unpaired) electrons. The van der Waals surface area contributed by atoms with Gasteiger partial charge in [0.1, 0.15) is 0 Å². The van der Waals surface area contributed by atoms with E-state index in [-0.39, 0.29) is 0 Å². The van der Waals surface area contributed by atoms with Gasteiger partial charge in [0.15, 0.2) is 17.5 Å². The highest BCUT2D eigenvalue weighted by Gasteiger charge is 2.20. The minimum atomic E-state index is 0.334. The number of thioether (sulfide) groups is 1. The highest BCUT2D eigenvalue weighted by molar-refractivity contribution is 7.98. The Morgan fingerprint density at radius 2 is 2.00 bits per heavy atom. The summed E-state index contributed by atoms with van der Waals surface area (Å²) in [4.78, 5) is 9.27. The van der Waals surface area contributed by atoms with Crippen LogP contribution in [0.2, 0.25) is 0 Å². The molecule has 1 fully saturated rings. The first-order valence-electron chi connectivity index (χ1n) is 8.85. The summed E-state index contributed by atoms with van der Waals surface area (Å²) in [6.45, 7) is 6.37. The Morgan fingerprint density at radius 1 is 1.20 bits per heavy atom. The number of piperazine rings is 1. The van der Waals surface area contributed by atoms with Crippen molar-refractivity contribution in [1.29, 1.82) is 0 Å². The summed E-state index contributed by atoms with van der Waals surface area (Å²) in [7, 11) is 1.87. The zero-order chi connectivity index (χ0) is 17.5. The van der Waals surface area contributed by atoms with Gasteiger partial charge in [0.05, 0.1) is 0 Å². The molecule has 1 N–H and O–H groups in total. The molecule has 2 heterocycles. The maximum atomic E-state index is 5.47. The largest absolute Gasteiger partial charge is 0.454 e. The molecule has 2 aliphatic heterocycles. The lowest BCUT2D eigenvalue weighted by Gasteiger charge is -2.36. The molecule has 6 nitrogen and oxygen atoms in total. The van der Waals surface area contributed by atoms with Crippen LogP contribution in [0.1, 0.15) is 12.0 Å². The Labute approximate surface area is 154 Å². The van der Waals surface area contributed by atoms with Crippen LogP contribution in [0.25, 0.3) is 0 Å². The molecule has 0 aromatic heterocycles. The number of ether oxygens (including phenoxy) is 2.